The molecule has 0 radical (unpaired) electrons. The van der Waals surface area contributed by atoms with E-state index in [1.165, 1.54) is 5.56 Å². The van der Waals surface area contributed by atoms with E-state index < -0.39 is 0 Å². The fourth-order valence-electron chi connectivity index (χ4n) is 3.13. The minimum atomic E-state index is -0.237. The minimum absolute atomic E-state index is 0.237. The number of thiazole rings is 1. The zero-order chi connectivity index (χ0) is 22.0. The molecule has 0 spiro atoms. The van der Waals surface area contributed by atoms with Gasteiger partial charge in [0.2, 0.25) is 0 Å². The summed E-state index contributed by atoms with van der Waals surface area (Å²) < 4.78 is 8.08. The lowest BCUT2D eigenvalue weighted by atomic mass is 10.2. The Morgan fingerprint density at radius 2 is 1.90 bits per heavy atom. The van der Waals surface area contributed by atoms with E-state index in [0.717, 1.165) is 44.3 Å². The van der Waals surface area contributed by atoms with E-state index in [2.05, 4.69) is 46.8 Å². The molecular formula is C23H23ClN4OS2. The summed E-state index contributed by atoms with van der Waals surface area (Å²) in [6.07, 6.45) is -0.237. The van der Waals surface area contributed by atoms with Gasteiger partial charge in [-0.1, -0.05) is 53.2 Å². The molecule has 0 amide bonds. The van der Waals surface area contributed by atoms with Crippen molar-refractivity contribution in [3.63, 3.8) is 0 Å². The maximum Gasteiger partial charge on any atom is 0.191 e. The molecule has 0 saturated heterocycles. The van der Waals surface area contributed by atoms with Crippen LogP contribution < -0.4 is 4.74 Å². The molecule has 2 heterocycles. The van der Waals surface area contributed by atoms with E-state index in [1.54, 1.807) is 23.1 Å². The second-order valence-electron chi connectivity index (χ2n) is 7.37. The molecule has 4 rings (SSSR count). The zero-order valence-electron chi connectivity index (χ0n) is 17.8. The molecule has 2 aromatic heterocycles. The molecule has 1 atom stereocenters. The monoisotopic (exact) mass is 470 g/mol. The van der Waals surface area contributed by atoms with Crippen LogP contribution in [0.5, 0.6) is 5.75 Å². The maximum absolute atomic E-state index is 6.10. The highest BCUT2D eigenvalue weighted by atomic mass is 35.5. The molecule has 0 aliphatic heterocycles. The second-order valence-corrected chi connectivity index (χ2v) is 9.61. The number of halogens is 1. The second kappa shape index (κ2) is 9.42. The third-order valence-electron chi connectivity index (χ3n) is 4.87. The first-order chi connectivity index (χ1) is 14.9. The van der Waals surface area contributed by atoms with Gasteiger partial charge >= 0.3 is 0 Å². The van der Waals surface area contributed by atoms with Crippen LogP contribution in [-0.2, 0) is 12.8 Å². The smallest absolute Gasteiger partial charge is 0.191 e. The molecule has 160 valence electrons. The van der Waals surface area contributed by atoms with Crippen molar-refractivity contribution in [2.75, 3.05) is 0 Å². The highest BCUT2D eigenvalue weighted by Gasteiger charge is 2.18. The molecule has 0 saturated carbocycles. The summed E-state index contributed by atoms with van der Waals surface area (Å²) in [6.45, 7) is 6.04. The van der Waals surface area contributed by atoms with Crippen molar-refractivity contribution >= 4 is 34.7 Å². The molecule has 1 unspecified atom stereocenters. The van der Waals surface area contributed by atoms with Crippen molar-refractivity contribution in [1.82, 2.24) is 19.7 Å². The largest absolute Gasteiger partial charge is 0.482 e. The average molecular weight is 471 g/mol. The fourth-order valence-corrected chi connectivity index (χ4v) is 5.10. The number of hydrogen-bond acceptors (Lipinski definition) is 6. The van der Waals surface area contributed by atoms with Crippen molar-refractivity contribution < 1.29 is 4.74 Å². The van der Waals surface area contributed by atoms with Gasteiger partial charge in [0, 0.05) is 28.8 Å². The Morgan fingerprint density at radius 3 is 2.65 bits per heavy atom. The van der Waals surface area contributed by atoms with Crippen molar-refractivity contribution in [1.29, 1.82) is 0 Å². The molecule has 0 aliphatic rings. The number of rotatable bonds is 7. The number of nitrogens with zero attached hydrogens (tertiary/aromatic N) is 4. The summed E-state index contributed by atoms with van der Waals surface area (Å²) in [7, 11) is 1.96. The summed E-state index contributed by atoms with van der Waals surface area (Å²) >= 11 is 9.32. The van der Waals surface area contributed by atoms with Crippen LogP contribution in [0.1, 0.15) is 35.7 Å². The molecular weight excluding hydrogens is 448 g/mol. The van der Waals surface area contributed by atoms with Crippen LogP contribution in [0.15, 0.2) is 53.0 Å². The average Bonchev–Trinajstić information content (AvgIpc) is 3.36. The number of ether oxygens (including phenoxy) is 1. The predicted molar refractivity (Wildman–Crippen MR) is 128 cm³/mol. The normalized spacial score (nSPS) is 12.2. The molecule has 0 aliphatic carbocycles. The van der Waals surface area contributed by atoms with E-state index in [-0.39, 0.29) is 6.10 Å². The molecule has 4 aromatic rings. The van der Waals surface area contributed by atoms with Crippen LogP contribution >= 0.6 is 34.7 Å². The van der Waals surface area contributed by atoms with Gasteiger partial charge in [-0.3, -0.25) is 0 Å². The van der Waals surface area contributed by atoms with Gasteiger partial charge in [-0.05, 0) is 44.5 Å². The summed E-state index contributed by atoms with van der Waals surface area (Å²) in [5.74, 6) is 2.30. The summed E-state index contributed by atoms with van der Waals surface area (Å²) in [4.78, 5) is 4.77. The van der Waals surface area contributed by atoms with Gasteiger partial charge in [-0.15, -0.1) is 21.5 Å². The van der Waals surface area contributed by atoms with Gasteiger partial charge < -0.3 is 9.30 Å². The summed E-state index contributed by atoms with van der Waals surface area (Å²) in [5, 5.41) is 13.4. The quantitative estimate of drug-likeness (QED) is 0.283. The first kappa shape index (κ1) is 21.9. The molecule has 2 aromatic carbocycles. The van der Waals surface area contributed by atoms with Gasteiger partial charge in [0.15, 0.2) is 17.1 Å². The van der Waals surface area contributed by atoms with Crippen molar-refractivity contribution in [2.45, 2.75) is 37.8 Å². The Morgan fingerprint density at radius 1 is 1.13 bits per heavy atom. The molecule has 0 fully saturated rings. The van der Waals surface area contributed by atoms with Gasteiger partial charge in [0.1, 0.15) is 10.8 Å². The Hall–Kier alpha value is -2.35. The lowest BCUT2D eigenvalue weighted by Gasteiger charge is -2.16. The molecule has 0 N–H and O–H groups in total. The van der Waals surface area contributed by atoms with E-state index in [1.807, 2.05) is 43.7 Å². The Labute approximate surface area is 195 Å². The van der Waals surface area contributed by atoms with Gasteiger partial charge in [-0.2, -0.15) is 0 Å². The Balaban J connectivity index is 1.41. The Bertz CT molecular complexity index is 1190. The molecule has 31 heavy (non-hydrogen) atoms. The summed E-state index contributed by atoms with van der Waals surface area (Å²) in [6, 6.07) is 14.1. The maximum atomic E-state index is 6.10. The van der Waals surface area contributed by atoms with Gasteiger partial charge in [-0.25, -0.2) is 4.98 Å². The number of aryl methyl sites for hydroxylation is 2. The highest BCUT2D eigenvalue weighted by Crippen LogP contribution is 2.30. The highest BCUT2D eigenvalue weighted by molar-refractivity contribution is 7.98. The first-order valence-electron chi connectivity index (χ1n) is 9.87. The van der Waals surface area contributed by atoms with Gasteiger partial charge in [0.05, 0.1) is 5.69 Å². The minimum Gasteiger partial charge on any atom is -0.482 e. The third-order valence-corrected chi connectivity index (χ3v) is 7.10. The number of aromatic nitrogens is 4. The summed E-state index contributed by atoms with van der Waals surface area (Å²) in [5.41, 5.74) is 4.43. The fraction of sp³-hybridized carbons (Fsp3) is 0.261. The lowest BCUT2D eigenvalue weighted by Crippen LogP contribution is -2.10. The van der Waals surface area contributed by atoms with Crippen molar-refractivity contribution in [3.8, 4) is 16.3 Å². The first-order valence-corrected chi connectivity index (χ1v) is 12.1. The van der Waals surface area contributed by atoms with Crippen molar-refractivity contribution in [2.24, 2.45) is 7.05 Å². The van der Waals surface area contributed by atoms with E-state index >= 15 is 0 Å². The van der Waals surface area contributed by atoms with Crippen LogP contribution in [0, 0.1) is 13.8 Å². The molecule has 0 bridgehead atoms. The Kier molecular flexibility index (Phi) is 6.65. The van der Waals surface area contributed by atoms with Crippen LogP contribution in [0.4, 0.5) is 0 Å². The van der Waals surface area contributed by atoms with Gasteiger partial charge in [0.25, 0.3) is 0 Å². The van der Waals surface area contributed by atoms with Crippen LogP contribution in [0.3, 0.4) is 0 Å². The number of hydrogen-bond donors (Lipinski definition) is 0. The molecule has 5 nitrogen and oxygen atoms in total. The van der Waals surface area contributed by atoms with E-state index in [4.69, 9.17) is 21.3 Å². The van der Waals surface area contributed by atoms with Crippen molar-refractivity contribution in [3.05, 3.63) is 75.5 Å². The molecule has 8 heteroatoms. The van der Waals surface area contributed by atoms with Crippen LogP contribution in [0.25, 0.3) is 10.6 Å². The predicted octanol–water partition coefficient (Wildman–Crippen LogP) is 6.64. The van der Waals surface area contributed by atoms with E-state index in [0.29, 0.717) is 5.02 Å². The standard InChI is InChI=1S/C23H23ClN4OS2/c1-14-5-7-17(8-6-14)22-25-19(12-30-22)13-31-23-27-26-21(28(23)4)16(3)29-20-10-9-18(24)11-15(20)2/h5-12,16H,13H2,1-4H3. The van der Waals surface area contributed by atoms with E-state index in [9.17, 15) is 0 Å². The number of thioether (sulfide) groups is 1. The lowest BCUT2D eigenvalue weighted by molar-refractivity contribution is 0.210. The van der Waals surface area contributed by atoms with Crippen LogP contribution in [-0.4, -0.2) is 19.7 Å². The SMILES string of the molecule is Cc1ccc(-c2nc(CSc3nnc(C(C)Oc4ccc(Cl)cc4C)n3C)cs2)cc1. The third kappa shape index (κ3) is 5.11. The van der Waals surface area contributed by atoms with Crippen LogP contribution in [0.2, 0.25) is 5.02 Å². The topological polar surface area (TPSA) is 52.8 Å². The number of benzene rings is 2. The zero-order valence-corrected chi connectivity index (χ0v) is 20.2.